The number of halogens is 2. The number of allylic oxidation sites excluding steroid dienone is 1. The van der Waals surface area contributed by atoms with E-state index >= 15 is 0 Å². The van der Waals surface area contributed by atoms with Crippen LogP contribution in [0.25, 0.3) is 6.08 Å². The van der Waals surface area contributed by atoms with Crippen LogP contribution in [0, 0.1) is 0 Å². The molecule has 0 N–H and O–H groups in total. The lowest BCUT2D eigenvalue weighted by atomic mass is 9.96. The number of aromatic nitrogens is 1. The van der Waals surface area contributed by atoms with Crippen LogP contribution < -0.4 is 24.4 Å². The molecule has 1 aromatic heterocycles. The highest BCUT2D eigenvalue weighted by Gasteiger charge is 2.32. The highest BCUT2D eigenvalue weighted by Crippen LogP contribution is 2.31. The van der Waals surface area contributed by atoms with Gasteiger partial charge in [-0.05, 0) is 36.3 Å². The maximum Gasteiger partial charge on any atom is 0.387 e. The summed E-state index contributed by atoms with van der Waals surface area (Å²) >= 11 is 1.16. The average Bonchev–Trinajstić information content (AvgIpc) is 3.13. The molecule has 4 rings (SSSR count). The zero-order valence-corrected chi connectivity index (χ0v) is 19.3. The normalized spacial score (nSPS) is 15.7. The first-order chi connectivity index (χ1) is 16.3. The van der Waals surface area contributed by atoms with Gasteiger partial charge < -0.3 is 14.2 Å². The average molecular weight is 486 g/mol. The molecular formula is C24H20F2N2O5S. The van der Waals surface area contributed by atoms with Gasteiger partial charge in [0.2, 0.25) is 0 Å². The first-order valence-corrected chi connectivity index (χ1v) is 10.9. The van der Waals surface area contributed by atoms with Crippen LogP contribution in [-0.2, 0) is 9.53 Å². The third-order valence-electron chi connectivity index (χ3n) is 5.24. The van der Waals surface area contributed by atoms with Crippen molar-refractivity contribution in [3.8, 4) is 11.5 Å². The lowest BCUT2D eigenvalue weighted by Gasteiger charge is -2.24. The number of rotatable bonds is 6. The zero-order valence-electron chi connectivity index (χ0n) is 18.5. The maximum atomic E-state index is 13.5. The Morgan fingerprint density at radius 3 is 2.53 bits per heavy atom. The Hall–Kier alpha value is -3.79. The number of alkyl halides is 2. The van der Waals surface area contributed by atoms with Gasteiger partial charge >= 0.3 is 12.6 Å². The number of esters is 1. The van der Waals surface area contributed by atoms with Gasteiger partial charge in [-0.3, -0.25) is 9.36 Å². The van der Waals surface area contributed by atoms with E-state index in [1.165, 1.54) is 37.0 Å². The van der Waals surface area contributed by atoms with E-state index in [0.717, 1.165) is 16.9 Å². The quantitative estimate of drug-likeness (QED) is 0.501. The summed E-state index contributed by atoms with van der Waals surface area (Å²) < 4.78 is 41.6. The number of benzene rings is 2. The second-order valence-electron chi connectivity index (χ2n) is 7.27. The Balaban J connectivity index is 1.88. The van der Waals surface area contributed by atoms with Crippen molar-refractivity contribution >= 4 is 23.4 Å². The fourth-order valence-electron chi connectivity index (χ4n) is 3.76. The van der Waals surface area contributed by atoms with Crippen molar-refractivity contribution in [2.75, 3.05) is 14.2 Å². The summed E-state index contributed by atoms with van der Waals surface area (Å²) in [5, 5.41) is 0. The van der Waals surface area contributed by atoms with Gasteiger partial charge in [0.1, 0.15) is 0 Å². The molecule has 0 bridgehead atoms. The molecule has 0 radical (unpaired) electrons. The molecule has 7 nitrogen and oxygen atoms in total. The fourth-order valence-corrected chi connectivity index (χ4v) is 4.81. The molecular weight excluding hydrogens is 466 g/mol. The Morgan fingerprint density at radius 1 is 1.15 bits per heavy atom. The maximum absolute atomic E-state index is 13.5. The highest BCUT2D eigenvalue weighted by atomic mass is 32.1. The molecule has 1 unspecified atom stereocenters. The molecule has 0 spiro atoms. The van der Waals surface area contributed by atoms with Crippen LogP contribution in [-0.4, -0.2) is 31.4 Å². The van der Waals surface area contributed by atoms with Crippen LogP contribution in [0.4, 0.5) is 8.78 Å². The number of nitrogens with zero attached hydrogens (tertiary/aromatic N) is 2. The molecule has 0 fully saturated rings. The Bertz CT molecular complexity index is 1440. The van der Waals surface area contributed by atoms with Gasteiger partial charge in [0.05, 0.1) is 36.1 Å². The van der Waals surface area contributed by atoms with Crippen molar-refractivity contribution in [1.29, 1.82) is 0 Å². The van der Waals surface area contributed by atoms with Gasteiger partial charge in [-0.15, -0.1) is 0 Å². The van der Waals surface area contributed by atoms with Crippen molar-refractivity contribution in [1.82, 2.24) is 4.57 Å². The van der Waals surface area contributed by atoms with Crippen molar-refractivity contribution in [2.24, 2.45) is 4.99 Å². The number of hydrogen-bond acceptors (Lipinski definition) is 7. The minimum absolute atomic E-state index is 0.104. The molecule has 1 aliphatic rings. The summed E-state index contributed by atoms with van der Waals surface area (Å²) in [5.41, 5.74) is 1.67. The number of methoxy groups -OCH3 is 2. The van der Waals surface area contributed by atoms with Crippen molar-refractivity contribution < 1.29 is 27.8 Å². The van der Waals surface area contributed by atoms with Gasteiger partial charge in [-0.1, -0.05) is 47.7 Å². The van der Waals surface area contributed by atoms with Crippen molar-refractivity contribution in [3.05, 3.63) is 90.6 Å². The van der Waals surface area contributed by atoms with E-state index in [9.17, 15) is 18.4 Å². The fraction of sp³-hybridized carbons (Fsp3) is 0.208. The van der Waals surface area contributed by atoms with Crippen molar-refractivity contribution in [2.45, 2.75) is 19.6 Å². The number of fused-ring (bicyclic) bond motifs is 1. The molecule has 0 amide bonds. The third-order valence-corrected chi connectivity index (χ3v) is 6.23. The highest BCUT2D eigenvalue weighted by molar-refractivity contribution is 7.07. The molecule has 1 aliphatic heterocycles. The summed E-state index contributed by atoms with van der Waals surface area (Å²) in [6.45, 7) is -1.29. The van der Waals surface area contributed by atoms with Crippen LogP contribution in [0.1, 0.15) is 24.1 Å². The molecule has 3 aromatic rings. The van der Waals surface area contributed by atoms with Gasteiger partial charge in [-0.2, -0.15) is 8.78 Å². The lowest BCUT2D eigenvalue weighted by molar-refractivity contribution is -0.136. The second-order valence-corrected chi connectivity index (χ2v) is 8.28. The van der Waals surface area contributed by atoms with Crippen molar-refractivity contribution in [3.63, 3.8) is 0 Å². The monoisotopic (exact) mass is 486 g/mol. The van der Waals surface area contributed by atoms with Crippen LogP contribution >= 0.6 is 11.3 Å². The summed E-state index contributed by atoms with van der Waals surface area (Å²) in [7, 11) is 2.62. The molecule has 0 aliphatic carbocycles. The lowest BCUT2D eigenvalue weighted by Crippen LogP contribution is -2.39. The van der Waals surface area contributed by atoms with E-state index in [1.807, 2.05) is 30.3 Å². The zero-order chi connectivity index (χ0) is 24.4. The SMILES string of the molecule is COC(=O)C1=C(C)N=c2s/c(=C/c3ccc(OC(F)F)c(OC)c3)c(=O)n2C1c1ccccc1. The van der Waals surface area contributed by atoms with Gasteiger partial charge in [0.15, 0.2) is 16.3 Å². The number of carbonyl (C=O) groups excluding carboxylic acids is 1. The topological polar surface area (TPSA) is 79.1 Å². The molecule has 0 saturated carbocycles. The molecule has 10 heteroatoms. The van der Waals surface area contributed by atoms with Crippen LogP contribution in [0.15, 0.2) is 69.6 Å². The van der Waals surface area contributed by atoms with Crippen LogP contribution in [0.2, 0.25) is 0 Å². The predicted octanol–water partition coefficient (Wildman–Crippen LogP) is 3.02. The molecule has 2 heterocycles. The number of ether oxygens (including phenoxy) is 3. The summed E-state index contributed by atoms with van der Waals surface area (Å²) in [5.74, 6) is -0.574. The molecule has 34 heavy (non-hydrogen) atoms. The summed E-state index contributed by atoms with van der Waals surface area (Å²) in [4.78, 5) is 31.0. The Kier molecular flexibility index (Phi) is 6.60. The molecule has 176 valence electrons. The van der Waals surface area contributed by atoms with E-state index in [0.29, 0.717) is 20.6 Å². The number of thiazole rings is 1. The van der Waals surface area contributed by atoms with Gasteiger partial charge in [0.25, 0.3) is 5.56 Å². The number of carbonyl (C=O) groups is 1. The Labute approximate surface area is 196 Å². The molecule has 0 saturated heterocycles. The minimum Gasteiger partial charge on any atom is -0.493 e. The van der Waals surface area contributed by atoms with E-state index in [-0.39, 0.29) is 22.6 Å². The summed E-state index contributed by atoms with van der Waals surface area (Å²) in [6.07, 6.45) is 1.61. The largest absolute Gasteiger partial charge is 0.493 e. The van der Waals surface area contributed by atoms with Gasteiger partial charge in [0, 0.05) is 0 Å². The number of hydrogen-bond donors (Lipinski definition) is 0. The Morgan fingerprint density at radius 2 is 1.88 bits per heavy atom. The van der Waals surface area contributed by atoms with E-state index in [1.54, 1.807) is 13.0 Å². The van der Waals surface area contributed by atoms with Gasteiger partial charge in [-0.25, -0.2) is 9.79 Å². The van der Waals surface area contributed by atoms with Crippen LogP contribution in [0.5, 0.6) is 11.5 Å². The summed E-state index contributed by atoms with van der Waals surface area (Å²) in [6, 6.07) is 12.8. The molecule has 1 atom stereocenters. The second kappa shape index (κ2) is 9.60. The minimum atomic E-state index is -2.99. The molecule has 2 aromatic carbocycles. The van der Waals surface area contributed by atoms with E-state index in [2.05, 4.69) is 9.73 Å². The standard InChI is InChI=1S/C24H20F2N2O5S/c1-13-19(22(30)32-3)20(15-7-5-4-6-8-15)28-21(29)18(34-24(28)27-13)12-14-9-10-16(33-23(25)26)17(11-14)31-2/h4-12,20,23H,1-3H3/b18-12+. The van der Waals surface area contributed by atoms with Crippen LogP contribution in [0.3, 0.4) is 0 Å². The first-order valence-electron chi connectivity index (χ1n) is 10.1. The van der Waals surface area contributed by atoms with E-state index < -0.39 is 18.6 Å². The smallest absolute Gasteiger partial charge is 0.387 e. The van der Waals surface area contributed by atoms with E-state index in [4.69, 9.17) is 9.47 Å². The third kappa shape index (κ3) is 4.36. The predicted molar refractivity (Wildman–Crippen MR) is 122 cm³/mol. The first kappa shape index (κ1) is 23.4.